The molecule has 0 aromatic heterocycles. The van der Waals surface area contributed by atoms with Gasteiger partial charge < -0.3 is 33.7 Å². The lowest BCUT2D eigenvalue weighted by atomic mass is 9.96. The molecule has 1 aromatic rings. The molecular weight excluding hydrogens is 466 g/mol. The van der Waals surface area contributed by atoms with Crippen molar-refractivity contribution in [1.82, 2.24) is 5.32 Å². The van der Waals surface area contributed by atoms with Crippen molar-refractivity contribution in [2.75, 3.05) is 13.2 Å². The van der Waals surface area contributed by atoms with Gasteiger partial charge in [-0.2, -0.15) is 0 Å². The number of ether oxygens (including phenoxy) is 6. The summed E-state index contributed by atoms with van der Waals surface area (Å²) >= 11 is 0. The molecule has 192 valence electrons. The van der Waals surface area contributed by atoms with E-state index in [1.54, 1.807) is 19.1 Å². The van der Waals surface area contributed by atoms with Gasteiger partial charge in [-0.05, 0) is 19.1 Å². The van der Waals surface area contributed by atoms with Crippen molar-refractivity contribution in [2.45, 2.75) is 65.3 Å². The van der Waals surface area contributed by atoms with Crippen molar-refractivity contribution in [1.29, 1.82) is 0 Å². The summed E-state index contributed by atoms with van der Waals surface area (Å²) < 4.78 is 32.8. The smallest absolute Gasteiger partial charge is 0.341 e. The Morgan fingerprint density at radius 3 is 2.09 bits per heavy atom. The second-order valence-corrected chi connectivity index (χ2v) is 7.55. The topological polar surface area (TPSA) is 153 Å². The average Bonchev–Trinajstić information content (AvgIpc) is 2.76. The SMILES string of the molecule is CCOC(=O)c1ccccc1O[C@H]1O[C@H](COC(C)=O)[C@@H](OC(C)=O)[C@@H](OC(C)=O)[C@@H]1NC(C)=O. The second kappa shape index (κ2) is 12.7. The zero-order chi connectivity index (χ0) is 26.1. The van der Waals surface area contributed by atoms with E-state index in [-0.39, 0.29) is 24.5 Å². The monoisotopic (exact) mass is 495 g/mol. The maximum atomic E-state index is 12.4. The number of rotatable bonds is 9. The predicted octanol–water partition coefficient (Wildman–Crippen LogP) is 0.898. The molecule has 0 spiro atoms. The Hall–Kier alpha value is -3.67. The van der Waals surface area contributed by atoms with Crippen LogP contribution in [0.1, 0.15) is 45.0 Å². The van der Waals surface area contributed by atoms with Crippen LogP contribution in [-0.4, -0.2) is 73.6 Å². The van der Waals surface area contributed by atoms with Gasteiger partial charge in [-0.1, -0.05) is 12.1 Å². The Balaban J connectivity index is 2.51. The maximum Gasteiger partial charge on any atom is 0.341 e. The van der Waals surface area contributed by atoms with Gasteiger partial charge in [0, 0.05) is 27.7 Å². The van der Waals surface area contributed by atoms with Gasteiger partial charge in [0.1, 0.15) is 30.1 Å². The van der Waals surface area contributed by atoms with Crippen LogP contribution in [0.15, 0.2) is 24.3 Å². The molecule has 1 aliphatic heterocycles. The molecule has 0 saturated carbocycles. The number of nitrogens with one attached hydrogen (secondary N) is 1. The summed E-state index contributed by atoms with van der Waals surface area (Å²) in [6.45, 7) is 6.08. The van der Waals surface area contributed by atoms with E-state index in [0.29, 0.717) is 0 Å². The fraction of sp³-hybridized carbons (Fsp3) is 0.522. The molecule has 0 aliphatic carbocycles. The molecule has 0 bridgehead atoms. The first kappa shape index (κ1) is 27.6. The summed E-state index contributed by atoms with van der Waals surface area (Å²) in [5.41, 5.74) is 0.0854. The van der Waals surface area contributed by atoms with Crippen molar-refractivity contribution in [2.24, 2.45) is 0 Å². The lowest BCUT2D eigenvalue weighted by Crippen LogP contribution is -2.67. The highest BCUT2D eigenvalue weighted by molar-refractivity contribution is 5.92. The molecule has 1 saturated heterocycles. The lowest BCUT2D eigenvalue weighted by Gasteiger charge is -2.44. The minimum absolute atomic E-state index is 0.0602. The molecule has 35 heavy (non-hydrogen) atoms. The van der Waals surface area contributed by atoms with Gasteiger partial charge in [0.05, 0.1) is 6.61 Å². The van der Waals surface area contributed by atoms with Crippen molar-refractivity contribution in [3.8, 4) is 5.75 Å². The van der Waals surface area contributed by atoms with Gasteiger partial charge in [-0.3, -0.25) is 19.2 Å². The summed E-state index contributed by atoms with van der Waals surface area (Å²) in [6.07, 6.45) is -5.04. The first-order valence-electron chi connectivity index (χ1n) is 10.9. The zero-order valence-corrected chi connectivity index (χ0v) is 20.1. The summed E-state index contributed by atoms with van der Waals surface area (Å²) in [6, 6.07) is 5.00. The summed E-state index contributed by atoms with van der Waals surface area (Å²) in [7, 11) is 0. The maximum absolute atomic E-state index is 12.4. The molecule has 5 atom stereocenters. The molecule has 1 fully saturated rings. The van der Waals surface area contributed by atoms with Crippen LogP contribution in [0.2, 0.25) is 0 Å². The van der Waals surface area contributed by atoms with E-state index >= 15 is 0 Å². The molecule has 1 N–H and O–H groups in total. The fourth-order valence-electron chi connectivity index (χ4n) is 3.46. The van der Waals surface area contributed by atoms with Gasteiger partial charge in [0.2, 0.25) is 12.2 Å². The number of benzene rings is 1. The van der Waals surface area contributed by atoms with Crippen LogP contribution >= 0.6 is 0 Å². The van der Waals surface area contributed by atoms with E-state index in [1.807, 2.05) is 0 Å². The number of hydrogen-bond acceptors (Lipinski definition) is 11. The van der Waals surface area contributed by atoms with Crippen molar-refractivity contribution < 1.29 is 52.4 Å². The third-order valence-electron chi connectivity index (χ3n) is 4.70. The third kappa shape index (κ3) is 7.95. The molecule has 0 unspecified atom stereocenters. The van der Waals surface area contributed by atoms with Crippen LogP contribution < -0.4 is 10.1 Å². The van der Waals surface area contributed by atoms with Crippen LogP contribution in [-0.2, 0) is 42.9 Å². The largest absolute Gasteiger partial charge is 0.463 e. The van der Waals surface area contributed by atoms with Crippen molar-refractivity contribution >= 4 is 29.8 Å². The fourth-order valence-corrected chi connectivity index (χ4v) is 3.46. The van der Waals surface area contributed by atoms with E-state index in [2.05, 4.69) is 5.32 Å². The minimum Gasteiger partial charge on any atom is -0.463 e. The van der Waals surface area contributed by atoms with E-state index < -0.39 is 60.4 Å². The normalized spacial score (nSPS) is 23.4. The zero-order valence-electron chi connectivity index (χ0n) is 20.1. The van der Waals surface area contributed by atoms with Crippen LogP contribution in [0.5, 0.6) is 5.75 Å². The van der Waals surface area contributed by atoms with Crippen LogP contribution in [0.25, 0.3) is 0 Å². The summed E-state index contributed by atoms with van der Waals surface area (Å²) in [5, 5.41) is 2.59. The number of esters is 4. The van der Waals surface area contributed by atoms with E-state index in [9.17, 15) is 24.0 Å². The third-order valence-corrected chi connectivity index (χ3v) is 4.70. The van der Waals surface area contributed by atoms with Gasteiger partial charge >= 0.3 is 23.9 Å². The van der Waals surface area contributed by atoms with E-state index in [4.69, 9.17) is 28.4 Å². The van der Waals surface area contributed by atoms with Gasteiger partial charge in [0.15, 0.2) is 12.2 Å². The molecule has 1 amide bonds. The molecule has 12 heteroatoms. The standard InChI is InChI=1S/C23H29NO11/c1-6-30-22(29)16-9-7-8-10-17(16)34-23-19(24-12(2)25)21(33-15(5)28)20(32-14(4)27)18(35-23)11-31-13(3)26/h7-10,18-21,23H,6,11H2,1-5H3,(H,24,25)/t18-,19+,20-,21+,23+/m1/s1. The average molecular weight is 495 g/mol. The van der Waals surface area contributed by atoms with Crippen LogP contribution in [0.4, 0.5) is 0 Å². The number of para-hydroxylation sites is 1. The Morgan fingerprint density at radius 1 is 0.886 bits per heavy atom. The molecule has 1 aromatic carbocycles. The molecule has 1 aliphatic rings. The predicted molar refractivity (Wildman–Crippen MR) is 117 cm³/mol. The lowest BCUT2D eigenvalue weighted by molar-refractivity contribution is -0.257. The molecule has 2 rings (SSSR count). The quantitative estimate of drug-likeness (QED) is 0.384. The minimum atomic E-state index is -1.36. The second-order valence-electron chi connectivity index (χ2n) is 7.55. The van der Waals surface area contributed by atoms with Gasteiger partial charge in [-0.15, -0.1) is 0 Å². The highest BCUT2D eigenvalue weighted by Gasteiger charge is 2.52. The number of hydrogen-bond donors (Lipinski definition) is 1. The van der Waals surface area contributed by atoms with Gasteiger partial charge in [-0.25, -0.2) is 4.79 Å². The molecular formula is C23H29NO11. The van der Waals surface area contributed by atoms with E-state index in [1.165, 1.54) is 26.0 Å². The van der Waals surface area contributed by atoms with Gasteiger partial charge in [0.25, 0.3) is 0 Å². The first-order valence-corrected chi connectivity index (χ1v) is 10.9. The summed E-state index contributed by atoms with van der Waals surface area (Å²) in [5.74, 6) is -3.21. The highest BCUT2D eigenvalue weighted by atomic mass is 16.7. The number of carbonyl (C=O) groups is 5. The first-order chi connectivity index (χ1) is 16.5. The Kier molecular flexibility index (Phi) is 10.0. The molecule has 12 nitrogen and oxygen atoms in total. The summed E-state index contributed by atoms with van der Waals surface area (Å²) in [4.78, 5) is 59.6. The van der Waals surface area contributed by atoms with Crippen molar-refractivity contribution in [3.05, 3.63) is 29.8 Å². The molecule has 0 radical (unpaired) electrons. The molecule has 1 heterocycles. The Morgan fingerprint density at radius 2 is 1.51 bits per heavy atom. The Bertz CT molecular complexity index is 947. The number of amides is 1. The van der Waals surface area contributed by atoms with E-state index in [0.717, 1.165) is 13.8 Å². The van der Waals surface area contributed by atoms with Crippen LogP contribution in [0.3, 0.4) is 0 Å². The van der Waals surface area contributed by atoms with Crippen LogP contribution in [0, 0.1) is 0 Å². The highest BCUT2D eigenvalue weighted by Crippen LogP contribution is 2.30. The van der Waals surface area contributed by atoms with Crippen molar-refractivity contribution in [3.63, 3.8) is 0 Å². The number of carbonyl (C=O) groups excluding carboxylic acids is 5. The Labute approximate surface area is 202 Å².